The monoisotopic (exact) mass is 324 g/mol. The topological polar surface area (TPSA) is 42.7 Å². The van der Waals surface area contributed by atoms with Gasteiger partial charge < -0.3 is 5.32 Å². The van der Waals surface area contributed by atoms with Crippen LogP contribution in [0.4, 0.5) is 5.82 Å². The Hall–Kier alpha value is -2.59. The van der Waals surface area contributed by atoms with Gasteiger partial charge in [0.15, 0.2) is 0 Å². The Morgan fingerprint density at radius 1 is 1.13 bits per heavy atom. The Labute approximate surface area is 140 Å². The van der Waals surface area contributed by atoms with Gasteiger partial charge in [-0.3, -0.25) is 9.67 Å². The lowest BCUT2D eigenvalue weighted by Crippen LogP contribution is -2.12. The summed E-state index contributed by atoms with van der Waals surface area (Å²) in [5.74, 6) is 0.833. The zero-order valence-electron chi connectivity index (χ0n) is 12.8. The van der Waals surface area contributed by atoms with Crippen molar-refractivity contribution in [1.29, 1.82) is 0 Å². The maximum absolute atomic E-state index is 6.11. The van der Waals surface area contributed by atoms with Crippen LogP contribution in [-0.2, 0) is 7.05 Å². The maximum Gasteiger partial charge on any atom is 0.133 e. The van der Waals surface area contributed by atoms with Gasteiger partial charge in [0, 0.05) is 29.9 Å². The first-order valence-corrected chi connectivity index (χ1v) is 7.69. The van der Waals surface area contributed by atoms with Crippen LogP contribution in [0.3, 0.4) is 0 Å². The van der Waals surface area contributed by atoms with Crippen LogP contribution in [0.5, 0.6) is 0 Å². The predicted octanol–water partition coefficient (Wildman–Crippen LogP) is 4.31. The van der Waals surface area contributed by atoms with Crippen LogP contribution >= 0.6 is 11.6 Å². The molecule has 2 aromatic heterocycles. The molecule has 1 unspecified atom stereocenters. The molecule has 116 valence electrons. The van der Waals surface area contributed by atoms with Gasteiger partial charge in [-0.25, -0.2) is 0 Å². The third-order valence-electron chi connectivity index (χ3n) is 3.56. The second-order valence-electron chi connectivity index (χ2n) is 5.11. The molecule has 0 spiro atoms. The number of aryl methyl sites for hydroxylation is 1. The molecule has 2 heterocycles. The number of rotatable bonds is 5. The largest absolute Gasteiger partial charge is 0.350 e. The summed E-state index contributed by atoms with van der Waals surface area (Å²) >= 11 is 6.11. The van der Waals surface area contributed by atoms with Crippen LogP contribution in [0.15, 0.2) is 67.5 Å². The van der Waals surface area contributed by atoms with E-state index in [1.54, 1.807) is 17.0 Å². The van der Waals surface area contributed by atoms with Gasteiger partial charge in [-0.2, -0.15) is 5.10 Å². The van der Waals surface area contributed by atoms with Crippen LogP contribution in [-0.4, -0.2) is 20.3 Å². The van der Waals surface area contributed by atoms with Crippen LogP contribution in [0.1, 0.15) is 0 Å². The van der Waals surface area contributed by atoms with Gasteiger partial charge in [0.05, 0.1) is 11.9 Å². The van der Waals surface area contributed by atoms with Crippen molar-refractivity contribution in [2.45, 2.75) is 5.50 Å². The molecule has 23 heavy (non-hydrogen) atoms. The van der Waals surface area contributed by atoms with Gasteiger partial charge in [-0.15, -0.1) is 0 Å². The number of nitrogens with one attached hydrogen (secondary N) is 1. The molecule has 0 radical (unpaired) electrons. The van der Waals surface area contributed by atoms with Crippen molar-refractivity contribution < 1.29 is 0 Å². The van der Waals surface area contributed by atoms with Crippen molar-refractivity contribution in [2.75, 3.05) is 5.32 Å². The summed E-state index contributed by atoms with van der Waals surface area (Å²) in [6, 6.07) is 14.1. The van der Waals surface area contributed by atoms with Crippen LogP contribution in [0.2, 0.25) is 0 Å². The molecule has 3 rings (SSSR count). The molecular weight excluding hydrogens is 308 g/mol. The van der Waals surface area contributed by atoms with E-state index in [2.05, 4.69) is 22.0 Å². The molecule has 1 N–H and O–H groups in total. The third kappa shape index (κ3) is 3.27. The molecule has 4 nitrogen and oxygen atoms in total. The zero-order valence-corrected chi connectivity index (χ0v) is 13.5. The van der Waals surface area contributed by atoms with E-state index in [0.717, 1.165) is 28.2 Å². The fraction of sp³-hybridized carbons (Fsp3) is 0.111. The first-order valence-electron chi connectivity index (χ1n) is 7.26. The van der Waals surface area contributed by atoms with Crippen molar-refractivity contribution in [2.24, 2.45) is 7.05 Å². The molecule has 0 amide bonds. The first kappa shape index (κ1) is 15.3. The van der Waals surface area contributed by atoms with Crippen molar-refractivity contribution in [3.8, 4) is 22.4 Å². The second kappa shape index (κ2) is 6.67. The van der Waals surface area contributed by atoms with E-state index in [-0.39, 0.29) is 5.50 Å². The summed E-state index contributed by atoms with van der Waals surface area (Å²) < 4.78 is 1.75. The lowest BCUT2D eigenvalue weighted by molar-refractivity contribution is 0.770. The highest BCUT2D eigenvalue weighted by atomic mass is 35.5. The highest BCUT2D eigenvalue weighted by Crippen LogP contribution is 2.29. The summed E-state index contributed by atoms with van der Waals surface area (Å²) in [5, 5.41) is 7.47. The fourth-order valence-electron chi connectivity index (χ4n) is 2.34. The molecule has 0 fully saturated rings. The number of aromatic nitrogens is 3. The molecule has 0 aliphatic carbocycles. The first-order chi connectivity index (χ1) is 11.2. The van der Waals surface area contributed by atoms with E-state index in [4.69, 9.17) is 11.6 Å². The van der Waals surface area contributed by atoms with Crippen LogP contribution in [0.25, 0.3) is 22.4 Å². The average Bonchev–Trinajstić information content (AvgIpc) is 2.96. The average molecular weight is 325 g/mol. The smallest absolute Gasteiger partial charge is 0.133 e. The van der Waals surface area contributed by atoms with E-state index in [0.29, 0.717) is 0 Å². The summed E-state index contributed by atoms with van der Waals surface area (Å²) in [5.41, 5.74) is 3.60. The molecule has 0 bridgehead atoms. The number of alkyl halides is 1. The van der Waals surface area contributed by atoms with Gasteiger partial charge in [0.1, 0.15) is 11.3 Å². The molecule has 0 saturated heterocycles. The number of halogens is 1. The van der Waals surface area contributed by atoms with Crippen molar-refractivity contribution in [3.05, 3.63) is 67.5 Å². The minimum atomic E-state index is -0.360. The highest BCUT2D eigenvalue weighted by Gasteiger charge is 2.13. The Bertz CT molecular complexity index is 794. The van der Waals surface area contributed by atoms with Gasteiger partial charge in [-0.1, -0.05) is 60.7 Å². The molecule has 0 aliphatic rings. The van der Waals surface area contributed by atoms with Crippen LogP contribution in [0, 0.1) is 0 Å². The molecule has 0 saturated carbocycles. The van der Waals surface area contributed by atoms with Gasteiger partial charge in [0.2, 0.25) is 0 Å². The second-order valence-corrected chi connectivity index (χ2v) is 5.58. The van der Waals surface area contributed by atoms with Crippen molar-refractivity contribution in [3.63, 3.8) is 0 Å². The van der Waals surface area contributed by atoms with Crippen LogP contribution < -0.4 is 5.32 Å². The molecule has 1 atom stereocenters. The van der Waals surface area contributed by atoms with E-state index >= 15 is 0 Å². The van der Waals surface area contributed by atoms with E-state index < -0.39 is 0 Å². The lowest BCUT2D eigenvalue weighted by atomic mass is 10.1. The number of nitrogens with zero attached hydrogens (tertiary/aromatic N) is 3. The number of anilines is 1. The summed E-state index contributed by atoms with van der Waals surface area (Å²) in [6.07, 6.45) is 5.28. The SMILES string of the molecule is C=CC(Cl)Nc1c(-c2ccc(-c3ccccc3)nc2)cnn1C. The lowest BCUT2D eigenvalue weighted by Gasteiger charge is -2.12. The van der Waals surface area contributed by atoms with Gasteiger partial charge in [0.25, 0.3) is 0 Å². The number of pyridine rings is 1. The number of hydrogen-bond acceptors (Lipinski definition) is 3. The normalized spacial score (nSPS) is 11.9. The predicted molar refractivity (Wildman–Crippen MR) is 95.3 cm³/mol. The molecule has 0 aliphatic heterocycles. The summed E-state index contributed by atoms with van der Waals surface area (Å²) in [4.78, 5) is 4.56. The van der Waals surface area contributed by atoms with Gasteiger partial charge >= 0.3 is 0 Å². The van der Waals surface area contributed by atoms with Crippen molar-refractivity contribution >= 4 is 17.4 Å². The minimum absolute atomic E-state index is 0.360. The minimum Gasteiger partial charge on any atom is -0.350 e. The summed E-state index contributed by atoms with van der Waals surface area (Å²) in [6.45, 7) is 3.68. The third-order valence-corrected chi connectivity index (χ3v) is 3.85. The van der Waals surface area contributed by atoms with E-state index in [1.165, 1.54) is 0 Å². The Kier molecular flexibility index (Phi) is 4.44. The molecule has 3 aromatic rings. The quantitative estimate of drug-likeness (QED) is 0.432. The maximum atomic E-state index is 6.11. The van der Waals surface area contributed by atoms with Gasteiger partial charge in [-0.05, 0) is 6.07 Å². The Morgan fingerprint density at radius 2 is 1.91 bits per heavy atom. The summed E-state index contributed by atoms with van der Waals surface area (Å²) in [7, 11) is 1.87. The zero-order chi connectivity index (χ0) is 16.2. The Morgan fingerprint density at radius 3 is 2.57 bits per heavy atom. The molecular formula is C18H17ClN4. The number of hydrogen-bond donors (Lipinski definition) is 1. The number of benzene rings is 1. The highest BCUT2D eigenvalue weighted by molar-refractivity contribution is 6.22. The van der Waals surface area contributed by atoms with E-state index in [9.17, 15) is 0 Å². The fourth-order valence-corrected chi connectivity index (χ4v) is 2.45. The molecule has 5 heteroatoms. The van der Waals surface area contributed by atoms with E-state index in [1.807, 2.05) is 55.7 Å². The molecule has 1 aromatic carbocycles. The van der Waals surface area contributed by atoms with Crippen molar-refractivity contribution in [1.82, 2.24) is 14.8 Å². The standard InChI is InChI=1S/C18H17ClN4/c1-3-17(19)22-18-15(12-21-23(18)2)14-9-10-16(20-11-14)13-7-5-4-6-8-13/h3-12,17,22H,1H2,2H3. The Balaban J connectivity index is 1.92.